The minimum atomic E-state index is -0.154. The van der Waals surface area contributed by atoms with E-state index in [0.717, 1.165) is 49.4 Å². The highest BCUT2D eigenvalue weighted by atomic mass is 35.5. The molecule has 2 fully saturated rings. The van der Waals surface area contributed by atoms with Gasteiger partial charge in [0.15, 0.2) is 0 Å². The van der Waals surface area contributed by atoms with Crippen LogP contribution in [0.15, 0.2) is 36.4 Å². The van der Waals surface area contributed by atoms with Crippen LogP contribution in [0.2, 0.25) is 5.02 Å². The van der Waals surface area contributed by atoms with Gasteiger partial charge in [-0.15, -0.1) is 0 Å². The summed E-state index contributed by atoms with van der Waals surface area (Å²) in [7, 11) is 3.87. The van der Waals surface area contributed by atoms with Gasteiger partial charge in [-0.05, 0) is 75.8 Å². The summed E-state index contributed by atoms with van der Waals surface area (Å²) >= 11 is 6.13. The molecule has 2 aromatic heterocycles. The van der Waals surface area contributed by atoms with Gasteiger partial charge in [-0.25, -0.2) is 0 Å². The number of ether oxygens (including phenoxy) is 1. The van der Waals surface area contributed by atoms with E-state index in [2.05, 4.69) is 40.4 Å². The van der Waals surface area contributed by atoms with Crippen molar-refractivity contribution in [2.45, 2.75) is 70.1 Å². The maximum atomic E-state index is 12.7. The van der Waals surface area contributed by atoms with Crippen molar-refractivity contribution in [3.05, 3.63) is 69.8 Å². The van der Waals surface area contributed by atoms with E-state index in [1.54, 1.807) is 4.68 Å². The van der Waals surface area contributed by atoms with Gasteiger partial charge < -0.3 is 10.1 Å². The predicted octanol–water partition coefficient (Wildman–Crippen LogP) is 4.19. The number of nitrogens with one attached hydrogen (secondary N) is 1. The van der Waals surface area contributed by atoms with Crippen LogP contribution in [0.3, 0.4) is 0 Å². The molecule has 2 aliphatic rings. The van der Waals surface area contributed by atoms with E-state index < -0.39 is 0 Å². The van der Waals surface area contributed by atoms with E-state index >= 15 is 0 Å². The van der Waals surface area contributed by atoms with Crippen molar-refractivity contribution in [1.82, 2.24) is 29.8 Å². The molecule has 8 nitrogen and oxygen atoms in total. The lowest BCUT2D eigenvalue weighted by Crippen LogP contribution is -2.57. The molecule has 1 aliphatic heterocycles. The third-order valence-corrected chi connectivity index (χ3v) is 8.60. The summed E-state index contributed by atoms with van der Waals surface area (Å²) < 4.78 is 10.0. The molecule has 5 rings (SSSR count). The minimum absolute atomic E-state index is 0.0543. The van der Waals surface area contributed by atoms with Gasteiger partial charge in [-0.3, -0.25) is 19.1 Å². The van der Waals surface area contributed by atoms with Gasteiger partial charge in [0.1, 0.15) is 5.69 Å². The molecule has 1 saturated carbocycles. The molecule has 1 N–H and O–H groups in total. The Morgan fingerprint density at radius 2 is 1.71 bits per heavy atom. The van der Waals surface area contributed by atoms with Crippen molar-refractivity contribution < 1.29 is 9.53 Å². The molecule has 3 aromatic rings. The summed E-state index contributed by atoms with van der Waals surface area (Å²) in [4.78, 5) is 15.3. The number of aryl methyl sites for hydroxylation is 4. The number of hydrogen-bond donors (Lipinski definition) is 1. The molecule has 204 valence electrons. The highest BCUT2D eigenvalue weighted by Crippen LogP contribution is 2.36. The SMILES string of the molecule is Cc1cc(C(=O)NC[C@H]2CN(C3CCC(c4cc(C)n(C)n4)CC3)[C@@H](Cc3ccc(Cl)cc3)CO2)nn1C. The molecular weight excluding hydrogens is 500 g/mol. The second kappa shape index (κ2) is 11.6. The van der Waals surface area contributed by atoms with Crippen LogP contribution in [-0.4, -0.2) is 68.3 Å². The van der Waals surface area contributed by atoms with Crippen molar-refractivity contribution in [1.29, 1.82) is 0 Å². The quantitative estimate of drug-likeness (QED) is 0.488. The summed E-state index contributed by atoms with van der Waals surface area (Å²) in [6.45, 7) is 5.98. The number of rotatable bonds is 7. The van der Waals surface area contributed by atoms with Crippen LogP contribution in [0.1, 0.15) is 64.7 Å². The van der Waals surface area contributed by atoms with Crippen molar-refractivity contribution in [2.24, 2.45) is 14.1 Å². The maximum Gasteiger partial charge on any atom is 0.271 e. The van der Waals surface area contributed by atoms with E-state index in [1.165, 1.54) is 17.0 Å². The van der Waals surface area contributed by atoms with E-state index in [-0.39, 0.29) is 12.0 Å². The molecule has 0 spiro atoms. The van der Waals surface area contributed by atoms with Crippen molar-refractivity contribution in [3.63, 3.8) is 0 Å². The number of halogens is 1. The fraction of sp³-hybridized carbons (Fsp3) is 0.552. The van der Waals surface area contributed by atoms with Gasteiger partial charge in [-0.2, -0.15) is 10.2 Å². The Labute approximate surface area is 230 Å². The molecule has 1 aliphatic carbocycles. The zero-order valence-corrected chi connectivity index (χ0v) is 23.6. The first-order valence-corrected chi connectivity index (χ1v) is 14.1. The molecule has 9 heteroatoms. The van der Waals surface area contributed by atoms with Gasteiger partial charge in [0, 0.05) is 61.6 Å². The summed E-state index contributed by atoms with van der Waals surface area (Å²) in [5.41, 5.74) is 5.11. The molecule has 0 bridgehead atoms. The molecule has 38 heavy (non-hydrogen) atoms. The fourth-order valence-electron chi connectivity index (χ4n) is 5.88. The monoisotopic (exact) mass is 538 g/mol. The molecule has 3 heterocycles. The van der Waals surface area contributed by atoms with Crippen LogP contribution < -0.4 is 5.32 Å². The summed E-state index contributed by atoms with van der Waals surface area (Å²) in [5, 5.41) is 12.9. The van der Waals surface area contributed by atoms with E-state index in [9.17, 15) is 4.79 Å². The molecule has 1 aromatic carbocycles. The highest BCUT2D eigenvalue weighted by molar-refractivity contribution is 6.30. The summed E-state index contributed by atoms with van der Waals surface area (Å²) in [6.07, 6.45) is 5.44. The van der Waals surface area contributed by atoms with Gasteiger partial charge in [-0.1, -0.05) is 23.7 Å². The Morgan fingerprint density at radius 3 is 2.34 bits per heavy atom. The Kier molecular flexibility index (Phi) is 8.21. The first kappa shape index (κ1) is 26.9. The maximum absolute atomic E-state index is 12.7. The highest BCUT2D eigenvalue weighted by Gasteiger charge is 2.36. The summed E-state index contributed by atoms with van der Waals surface area (Å²) in [6, 6.07) is 13.0. The number of carbonyl (C=O) groups is 1. The van der Waals surface area contributed by atoms with Crippen LogP contribution in [0.4, 0.5) is 0 Å². The first-order valence-electron chi connectivity index (χ1n) is 13.7. The smallest absolute Gasteiger partial charge is 0.271 e. The Morgan fingerprint density at radius 1 is 1.03 bits per heavy atom. The second-order valence-electron chi connectivity index (χ2n) is 11.0. The van der Waals surface area contributed by atoms with Crippen molar-refractivity contribution in [3.8, 4) is 0 Å². The van der Waals surface area contributed by atoms with E-state index in [0.29, 0.717) is 36.8 Å². The number of aromatic nitrogens is 4. The van der Waals surface area contributed by atoms with Gasteiger partial charge >= 0.3 is 0 Å². The van der Waals surface area contributed by atoms with E-state index in [4.69, 9.17) is 21.4 Å². The van der Waals surface area contributed by atoms with Gasteiger partial charge in [0.2, 0.25) is 0 Å². The molecule has 0 unspecified atom stereocenters. The van der Waals surface area contributed by atoms with Crippen LogP contribution in [0.5, 0.6) is 0 Å². The molecule has 1 saturated heterocycles. The Balaban J connectivity index is 1.24. The number of benzene rings is 1. The van der Waals surface area contributed by atoms with Crippen LogP contribution in [0.25, 0.3) is 0 Å². The average Bonchev–Trinajstić information content (AvgIpc) is 3.44. The second-order valence-corrected chi connectivity index (χ2v) is 11.4. The first-order chi connectivity index (χ1) is 18.3. The number of amides is 1. The lowest BCUT2D eigenvalue weighted by atomic mass is 9.82. The molecular formula is C29H39ClN6O2. The lowest BCUT2D eigenvalue weighted by molar-refractivity contribution is -0.0822. The topological polar surface area (TPSA) is 77.2 Å². The van der Waals surface area contributed by atoms with Crippen LogP contribution in [-0.2, 0) is 25.3 Å². The zero-order chi connectivity index (χ0) is 26.8. The standard InChI is InChI=1S/C29H39ClN6O2/c1-19-13-27(32-34(19)3)22-7-11-24(12-8-22)36-17-26(16-31-29(37)28-14-20(2)35(4)33-28)38-18-25(36)15-21-5-9-23(30)10-6-21/h5-6,9-10,13-14,22,24-26H,7-8,11-12,15-18H2,1-4H3,(H,31,37)/t22?,24?,25-,26-/m0/s1. The van der Waals surface area contributed by atoms with Crippen LogP contribution in [0, 0.1) is 13.8 Å². The largest absolute Gasteiger partial charge is 0.373 e. The van der Waals surface area contributed by atoms with E-state index in [1.807, 2.05) is 43.9 Å². The van der Waals surface area contributed by atoms with Crippen molar-refractivity contribution >= 4 is 17.5 Å². The third kappa shape index (κ3) is 6.14. The fourth-order valence-corrected chi connectivity index (χ4v) is 6.01. The predicted molar refractivity (Wildman–Crippen MR) is 149 cm³/mol. The van der Waals surface area contributed by atoms with Crippen LogP contribution >= 0.6 is 11.6 Å². The third-order valence-electron chi connectivity index (χ3n) is 8.35. The number of hydrogen-bond acceptors (Lipinski definition) is 5. The number of carbonyl (C=O) groups excluding carboxylic acids is 1. The Bertz CT molecular complexity index is 1210. The molecule has 1 amide bonds. The van der Waals surface area contributed by atoms with Gasteiger partial charge in [0.05, 0.1) is 18.4 Å². The van der Waals surface area contributed by atoms with Gasteiger partial charge in [0.25, 0.3) is 5.91 Å². The number of nitrogens with zero attached hydrogens (tertiary/aromatic N) is 5. The zero-order valence-electron chi connectivity index (χ0n) is 22.9. The normalized spacial score (nSPS) is 24.4. The molecule has 2 atom stereocenters. The van der Waals surface area contributed by atoms with Crippen molar-refractivity contribution in [2.75, 3.05) is 19.7 Å². The minimum Gasteiger partial charge on any atom is -0.373 e. The Hall–Kier alpha value is -2.68. The molecule has 0 radical (unpaired) electrons. The summed E-state index contributed by atoms with van der Waals surface area (Å²) in [5.74, 6) is 0.372. The average molecular weight is 539 g/mol. The lowest BCUT2D eigenvalue weighted by Gasteiger charge is -2.46. The number of morpholine rings is 1.